The lowest BCUT2D eigenvalue weighted by atomic mass is 10.2. The summed E-state index contributed by atoms with van der Waals surface area (Å²) < 4.78 is 5.71. The van der Waals surface area contributed by atoms with Crippen molar-refractivity contribution in [3.05, 3.63) is 59.1 Å². The monoisotopic (exact) mass is 332 g/mol. The molecule has 2 rings (SSSR count). The third-order valence-electron chi connectivity index (χ3n) is 3.12. The fraction of sp³-hybridized carbons (Fsp3) is 0.278. The summed E-state index contributed by atoms with van der Waals surface area (Å²) in [7, 11) is 0. The van der Waals surface area contributed by atoms with Gasteiger partial charge in [-0.2, -0.15) is 0 Å². The molecule has 2 aromatic carbocycles. The maximum atomic E-state index is 12.0. The maximum absolute atomic E-state index is 12.0. The molecule has 0 bridgehead atoms. The van der Waals surface area contributed by atoms with Crippen molar-refractivity contribution in [1.82, 2.24) is 5.32 Å². The van der Waals surface area contributed by atoms with Gasteiger partial charge in [0, 0.05) is 11.6 Å². The number of hydrogen-bond donors (Lipinski definition) is 2. The molecule has 2 aromatic rings. The van der Waals surface area contributed by atoms with Gasteiger partial charge in [0.05, 0.1) is 18.3 Å². The quantitative estimate of drug-likeness (QED) is 0.809. The smallest absolute Gasteiger partial charge is 0.239 e. The molecule has 0 aliphatic rings. The topological polar surface area (TPSA) is 50.4 Å². The van der Waals surface area contributed by atoms with Crippen molar-refractivity contribution in [2.75, 3.05) is 11.9 Å². The molecule has 1 amide bonds. The molecule has 23 heavy (non-hydrogen) atoms. The Hall–Kier alpha value is -2.20. The zero-order chi connectivity index (χ0) is 16.7. The molecule has 2 N–H and O–H groups in total. The highest BCUT2D eigenvalue weighted by Crippen LogP contribution is 2.24. The number of anilines is 1. The van der Waals surface area contributed by atoms with Crippen LogP contribution in [0.2, 0.25) is 5.02 Å². The van der Waals surface area contributed by atoms with E-state index in [4.69, 9.17) is 16.3 Å². The molecular formula is C18H21ClN2O2. The lowest BCUT2D eigenvalue weighted by Gasteiger charge is -2.15. The van der Waals surface area contributed by atoms with Crippen LogP contribution >= 0.6 is 11.6 Å². The van der Waals surface area contributed by atoms with Crippen LogP contribution in [-0.2, 0) is 11.3 Å². The first-order valence-electron chi connectivity index (χ1n) is 7.56. The van der Waals surface area contributed by atoms with E-state index >= 15 is 0 Å². The second kappa shape index (κ2) is 8.44. The Morgan fingerprint density at radius 3 is 2.57 bits per heavy atom. The summed E-state index contributed by atoms with van der Waals surface area (Å²) in [5.41, 5.74) is 1.69. The van der Waals surface area contributed by atoms with Gasteiger partial charge >= 0.3 is 0 Å². The van der Waals surface area contributed by atoms with Crippen molar-refractivity contribution in [3.8, 4) is 5.75 Å². The highest BCUT2D eigenvalue weighted by atomic mass is 35.5. The molecule has 0 aliphatic heterocycles. The maximum Gasteiger partial charge on any atom is 0.239 e. The molecule has 0 atom stereocenters. The SMILES string of the molecule is CC(C)Oc1ccccc1NCC(=O)NCc1ccccc1Cl. The standard InChI is InChI=1S/C18H21ClN2O2/c1-13(2)23-17-10-6-5-9-16(17)20-12-18(22)21-11-14-7-3-4-8-15(14)19/h3-10,13,20H,11-12H2,1-2H3,(H,21,22). The Bertz CT molecular complexity index is 659. The molecule has 0 unspecified atom stereocenters. The molecule has 4 nitrogen and oxygen atoms in total. The van der Waals surface area contributed by atoms with E-state index in [0.29, 0.717) is 11.6 Å². The number of amides is 1. The van der Waals surface area contributed by atoms with Crippen LogP contribution in [0.1, 0.15) is 19.4 Å². The van der Waals surface area contributed by atoms with Gasteiger partial charge in [0.1, 0.15) is 5.75 Å². The van der Waals surface area contributed by atoms with Gasteiger partial charge in [-0.25, -0.2) is 0 Å². The summed E-state index contributed by atoms with van der Waals surface area (Å²) in [5.74, 6) is 0.630. The van der Waals surface area contributed by atoms with Crippen LogP contribution in [0.15, 0.2) is 48.5 Å². The predicted octanol–water partition coefficient (Wildman–Crippen LogP) is 3.86. The van der Waals surface area contributed by atoms with Crippen molar-refractivity contribution < 1.29 is 9.53 Å². The first-order chi connectivity index (χ1) is 11.1. The van der Waals surface area contributed by atoms with Gasteiger partial charge in [0.2, 0.25) is 5.91 Å². The number of nitrogens with one attached hydrogen (secondary N) is 2. The largest absolute Gasteiger partial charge is 0.489 e. The summed E-state index contributed by atoms with van der Waals surface area (Å²) in [6.45, 7) is 4.51. The molecule has 5 heteroatoms. The number of benzene rings is 2. The first kappa shape index (κ1) is 17.2. The van der Waals surface area contributed by atoms with Crippen LogP contribution < -0.4 is 15.4 Å². The van der Waals surface area contributed by atoms with Crippen LogP contribution in [0.25, 0.3) is 0 Å². The van der Waals surface area contributed by atoms with Crippen molar-refractivity contribution in [2.45, 2.75) is 26.5 Å². The Kier molecular flexibility index (Phi) is 6.29. The van der Waals surface area contributed by atoms with Crippen LogP contribution in [-0.4, -0.2) is 18.6 Å². The highest BCUT2D eigenvalue weighted by molar-refractivity contribution is 6.31. The van der Waals surface area contributed by atoms with E-state index in [1.807, 2.05) is 56.3 Å². The van der Waals surface area contributed by atoms with Gasteiger partial charge in [0.15, 0.2) is 0 Å². The van der Waals surface area contributed by atoms with E-state index in [0.717, 1.165) is 17.0 Å². The predicted molar refractivity (Wildman–Crippen MR) is 94.0 cm³/mol. The fourth-order valence-electron chi connectivity index (χ4n) is 2.04. The summed E-state index contributed by atoms with van der Waals surface area (Å²) in [4.78, 5) is 12.0. The van der Waals surface area contributed by atoms with Crippen LogP contribution in [0.3, 0.4) is 0 Å². The molecule has 0 heterocycles. The normalized spacial score (nSPS) is 10.4. The Morgan fingerprint density at radius 2 is 1.83 bits per heavy atom. The van der Waals surface area contributed by atoms with Crippen LogP contribution in [0.4, 0.5) is 5.69 Å². The van der Waals surface area contributed by atoms with E-state index in [9.17, 15) is 4.79 Å². The number of hydrogen-bond acceptors (Lipinski definition) is 3. The first-order valence-corrected chi connectivity index (χ1v) is 7.93. The molecule has 0 saturated heterocycles. The third kappa shape index (κ3) is 5.49. The summed E-state index contributed by atoms with van der Waals surface area (Å²) in [6, 6.07) is 15.0. The van der Waals surface area contributed by atoms with Crippen molar-refractivity contribution in [1.29, 1.82) is 0 Å². The van der Waals surface area contributed by atoms with Crippen molar-refractivity contribution in [3.63, 3.8) is 0 Å². The lowest BCUT2D eigenvalue weighted by molar-refractivity contribution is -0.119. The van der Waals surface area contributed by atoms with Crippen molar-refractivity contribution in [2.24, 2.45) is 0 Å². The van der Waals surface area contributed by atoms with Gasteiger partial charge in [-0.05, 0) is 37.6 Å². The summed E-state index contributed by atoms with van der Waals surface area (Å²) >= 11 is 6.07. The second-order valence-electron chi connectivity index (χ2n) is 5.38. The van der Waals surface area contributed by atoms with Gasteiger partial charge in [-0.1, -0.05) is 41.9 Å². The Balaban J connectivity index is 1.86. The minimum Gasteiger partial charge on any atom is -0.489 e. The molecule has 0 spiro atoms. The molecule has 0 saturated carbocycles. The summed E-state index contributed by atoms with van der Waals surface area (Å²) in [5, 5.41) is 6.59. The number of para-hydroxylation sites is 2. The number of ether oxygens (including phenoxy) is 1. The van der Waals surface area contributed by atoms with Gasteiger partial charge in [-0.15, -0.1) is 0 Å². The molecular weight excluding hydrogens is 312 g/mol. The summed E-state index contributed by atoms with van der Waals surface area (Å²) in [6.07, 6.45) is 0.0759. The molecule has 122 valence electrons. The average Bonchev–Trinajstić information content (AvgIpc) is 2.53. The van der Waals surface area contributed by atoms with Crippen LogP contribution in [0, 0.1) is 0 Å². The zero-order valence-electron chi connectivity index (χ0n) is 13.3. The van der Waals surface area contributed by atoms with Gasteiger partial charge < -0.3 is 15.4 Å². The van der Waals surface area contributed by atoms with Crippen molar-refractivity contribution >= 4 is 23.2 Å². The van der Waals surface area contributed by atoms with Gasteiger partial charge in [0.25, 0.3) is 0 Å². The van der Waals surface area contributed by atoms with E-state index in [1.165, 1.54) is 0 Å². The van der Waals surface area contributed by atoms with E-state index in [1.54, 1.807) is 6.07 Å². The number of halogens is 1. The number of carbonyl (C=O) groups is 1. The third-order valence-corrected chi connectivity index (χ3v) is 3.49. The molecule has 0 radical (unpaired) electrons. The minimum atomic E-state index is -0.107. The Labute approximate surface area is 141 Å². The zero-order valence-corrected chi connectivity index (χ0v) is 14.1. The van der Waals surface area contributed by atoms with E-state index in [2.05, 4.69) is 10.6 Å². The van der Waals surface area contributed by atoms with Gasteiger partial charge in [-0.3, -0.25) is 4.79 Å². The number of carbonyl (C=O) groups excluding carboxylic acids is 1. The Morgan fingerprint density at radius 1 is 1.13 bits per heavy atom. The molecule has 0 aromatic heterocycles. The van der Waals surface area contributed by atoms with Crippen LogP contribution in [0.5, 0.6) is 5.75 Å². The van der Waals surface area contributed by atoms with E-state index in [-0.39, 0.29) is 18.6 Å². The number of rotatable bonds is 7. The highest BCUT2D eigenvalue weighted by Gasteiger charge is 2.07. The molecule has 0 fully saturated rings. The lowest BCUT2D eigenvalue weighted by Crippen LogP contribution is -2.29. The fourth-order valence-corrected chi connectivity index (χ4v) is 2.25. The molecule has 0 aliphatic carbocycles. The average molecular weight is 333 g/mol. The second-order valence-corrected chi connectivity index (χ2v) is 5.79. The minimum absolute atomic E-state index is 0.0759. The van der Waals surface area contributed by atoms with E-state index < -0.39 is 0 Å².